The van der Waals surface area contributed by atoms with Gasteiger partial charge in [0, 0.05) is 36.6 Å². The number of aliphatic carboxylic acids is 1. The Bertz CT molecular complexity index is 1740. The molecule has 3 aromatic carbocycles. The number of hydrogen-bond acceptors (Lipinski definition) is 5. The molecule has 2 fully saturated rings. The molecule has 0 radical (unpaired) electrons. The number of carboxylic acids is 1. The second-order valence-corrected chi connectivity index (χ2v) is 11.4. The third-order valence-electron chi connectivity index (χ3n) is 8.45. The second kappa shape index (κ2) is 11.5. The zero-order valence-electron chi connectivity index (χ0n) is 23.9. The van der Waals surface area contributed by atoms with Gasteiger partial charge in [-0.3, -0.25) is 14.8 Å². The number of aromatic amines is 1. The van der Waals surface area contributed by atoms with Crippen molar-refractivity contribution in [2.45, 2.75) is 37.4 Å². The first-order valence-electron chi connectivity index (χ1n) is 14.3. The number of halogens is 3. The molecule has 1 saturated heterocycles. The van der Waals surface area contributed by atoms with Crippen LogP contribution in [0.15, 0.2) is 60.7 Å². The van der Waals surface area contributed by atoms with Crippen molar-refractivity contribution in [2.24, 2.45) is 0 Å². The van der Waals surface area contributed by atoms with E-state index < -0.39 is 17.6 Å². The topological polar surface area (TPSA) is 108 Å². The van der Waals surface area contributed by atoms with E-state index in [-0.39, 0.29) is 11.8 Å². The molecule has 0 bridgehead atoms. The molecule has 2 atom stereocenters. The molecule has 3 N–H and O–H groups in total. The van der Waals surface area contributed by atoms with Gasteiger partial charge in [-0.1, -0.05) is 60.2 Å². The highest BCUT2D eigenvalue weighted by Crippen LogP contribution is 2.65. The summed E-state index contributed by atoms with van der Waals surface area (Å²) < 4.78 is 37.2. The average Bonchev–Trinajstić information content (AvgIpc) is 3.55. The highest BCUT2D eigenvalue weighted by Gasteiger charge is 2.65. The Labute approximate surface area is 251 Å². The fourth-order valence-electron chi connectivity index (χ4n) is 6.04. The number of nitrogens with one attached hydrogen (secondary N) is 2. The lowest BCUT2D eigenvalue weighted by atomic mass is 9.91. The molecule has 7 rings (SSSR count). The summed E-state index contributed by atoms with van der Waals surface area (Å²) in [5, 5.41) is 19.1. The summed E-state index contributed by atoms with van der Waals surface area (Å²) in [6, 6.07) is 21.5. The monoisotopic (exact) mass is 604 g/mol. The van der Waals surface area contributed by atoms with E-state index in [0.717, 1.165) is 72.7 Å². The predicted octanol–water partition coefficient (Wildman–Crippen LogP) is 5.88. The van der Waals surface area contributed by atoms with Gasteiger partial charge in [-0.15, -0.1) is 0 Å². The van der Waals surface area contributed by atoms with Crippen molar-refractivity contribution in [3.63, 3.8) is 0 Å². The Morgan fingerprint density at radius 3 is 2.52 bits per heavy atom. The number of aromatic nitrogens is 2. The van der Waals surface area contributed by atoms with E-state index in [2.05, 4.69) is 94.1 Å². The first kappa shape index (κ1) is 29.6. The number of alkyl halides is 3. The molecule has 3 aliphatic rings. The number of morpholine rings is 1. The number of aryl methyl sites for hydroxylation is 1. The van der Waals surface area contributed by atoms with Crippen LogP contribution in [0.5, 0.6) is 0 Å². The number of benzene rings is 3. The molecule has 1 aromatic heterocycles. The number of carbonyl (C=O) groups is 2. The number of carbonyl (C=O) groups excluding carboxylic acids is 1. The van der Waals surface area contributed by atoms with Gasteiger partial charge in [0.1, 0.15) is 0 Å². The third-order valence-corrected chi connectivity index (χ3v) is 8.45. The van der Waals surface area contributed by atoms with Crippen molar-refractivity contribution in [2.75, 3.05) is 31.6 Å². The third kappa shape index (κ3) is 5.85. The quantitative estimate of drug-likeness (QED) is 0.263. The average molecular weight is 605 g/mol. The highest BCUT2D eigenvalue weighted by atomic mass is 19.4. The van der Waals surface area contributed by atoms with Crippen LogP contribution in [0.1, 0.15) is 45.8 Å². The predicted molar refractivity (Wildman–Crippen MR) is 160 cm³/mol. The van der Waals surface area contributed by atoms with Gasteiger partial charge in [-0.2, -0.15) is 18.3 Å². The molecule has 2 aliphatic heterocycles. The lowest BCUT2D eigenvalue weighted by Gasteiger charge is -2.26. The van der Waals surface area contributed by atoms with E-state index in [1.54, 1.807) is 0 Å². The molecule has 1 spiro atoms. The number of nitrogens with zero attached hydrogens (tertiary/aromatic N) is 2. The normalized spacial score (nSPS) is 21.3. The number of ether oxygens (including phenoxy) is 1. The Morgan fingerprint density at radius 1 is 1.09 bits per heavy atom. The molecule has 4 aromatic rings. The number of hydrogen-bond donors (Lipinski definition) is 3. The van der Waals surface area contributed by atoms with E-state index in [1.807, 2.05) is 6.07 Å². The summed E-state index contributed by atoms with van der Waals surface area (Å²) >= 11 is 0. The standard InChI is InChI=1S/C31H30N4O2.C2HF3O2/c1-20-2-10-28-25(16-20)31(30(36)32-28)18-26(31)23-8-9-24-27(33-34-29(24)17-23)11-7-21-3-5-22(6-4-21)19-35-12-14-37-15-13-35;3-2(4,5)1(6)7/h2-11,16-17,26H,12-15,18-19H2,1H3,(H,32,36)(H,33,34);(H,6,7)/b11-7+;. The maximum atomic E-state index is 13.0. The first-order valence-corrected chi connectivity index (χ1v) is 14.3. The van der Waals surface area contributed by atoms with E-state index in [0.29, 0.717) is 0 Å². The molecule has 1 saturated carbocycles. The van der Waals surface area contributed by atoms with Crippen LogP contribution in [0, 0.1) is 6.92 Å². The minimum Gasteiger partial charge on any atom is -0.475 e. The zero-order valence-corrected chi connectivity index (χ0v) is 23.9. The zero-order chi connectivity index (χ0) is 31.1. The van der Waals surface area contributed by atoms with Crippen LogP contribution < -0.4 is 5.32 Å². The minimum atomic E-state index is -5.08. The van der Waals surface area contributed by atoms with Gasteiger partial charge in [-0.25, -0.2) is 4.79 Å². The van der Waals surface area contributed by atoms with E-state index in [4.69, 9.17) is 14.6 Å². The highest BCUT2D eigenvalue weighted by molar-refractivity contribution is 6.10. The summed E-state index contributed by atoms with van der Waals surface area (Å²) in [5.41, 5.74) is 8.45. The van der Waals surface area contributed by atoms with Crippen molar-refractivity contribution >= 4 is 40.6 Å². The van der Waals surface area contributed by atoms with Crippen LogP contribution in [0.4, 0.5) is 18.9 Å². The smallest absolute Gasteiger partial charge is 0.475 e. The van der Waals surface area contributed by atoms with E-state index in [1.165, 1.54) is 16.7 Å². The molecule has 11 heteroatoms. The summed E-state index contributed by atoms with van der Waals surface area (Å²) in [6.45, 7) is 6.69. The van der Waals surface area contributed by atoms with Crippen LogP contribution in [0.3, 0.4) is 0 Å². The van der Waals surface area contributed by atoms with E-state index >= 15 is 0 Å². The van der Waals surface area contributed by atoms with Gasteiger partial charge in [0.25, 0.3) is 0 Å². The van der Waals surface area contributed by atoms with Crippen LogP contribution >= 0.6 is 0 Å². The molecule has 2 unspecified atom stereocenters. The number of carboxylic acid groups (broad SMARTS) is 1. The second-order valence-electron chi connectivity index (χ2n) is 11.4. The number of rotatable bonds is 5. The van der Waals surface area contributed by atoms with Gasteiger partial charge >= 0.3 is 12.1 Å². The fraction of sp³-hybridized carbons (Fsp3) is 0.303. The molecule has 1 amide bonds. The van der Waals surface area contributed by atoms with Crippen LogP contribution in [0.25, 0.3) is 23.1 Å². The van der Waals surface area contributed by atoms with Gasteiger partial charge in [0.15, 0.2) is 0 Å². The molecule has 3 heterocycles. The number of amides is 1. The molecule has 8 nitrogen and oxygen atoms in total. The maximum Gasteiger partial charge on any atom is 0.490 e. The first-order chi connectivity index (χ1) is 21.0. The minimum absolute atomic E-state index is 0.127. The Balaban J connectivity index is 0.000000441. The Hall–Kier alpha value is -4.48. The number of H-pyrrole nitrogens is 1. The van der Waals surface area contributed by atoms with Crippen molar-refractivity contribution in [1.29, 1.82) is 0 Å². The largest absolute Gasteiger partial charge is 0.490 e. The summed E-state index contributed by atoms with van der Waals surface area (Å²) in [7, 11) is 0. The molecular weight excluding hydrogens is 573 g/mol. The van der Waals surface area contributed by atoms with Gasteiger partial charge in [0.05, 0.1) is 29.8 Å². The summed E-state index contributed by atoms with van der Waals surface area (Å²) in [5.74, 6) is -2.44. The molecular formula is C33H31F3N4O4. The van der Waals surface area contributed by atoms with Crippen molar-refractivity contribution < 1.29 is 32.6 Å². The summed E-state index contributed by atoms with van der Waals surface area (Å²) in [6.07, 6.45) is -0.0547. The fourth-order valence-corrected chi connectivity index (χ4v) is 6.04. The maximum absolute atomic E-state index is 13.0. The van der Waals surface area contributed by atoms with Gasteiger partial charge in [0.2, 0.25) is 5.91 Å². The lowest BCUT2D eigenvalue weighted by molar-refractivity contribution is -0.192. The van der Waals surface area contributed by atoms with Crippen molar-refractivity contribution in [3.05, 3.63) is 94.2 Å². The number of anilines is 1. The lowest BCUT2D eigenvalue weighted by Crippen LogP contribution is -2.35. The van der Waals surface area contributed by atoms with Crippen molar-refractivity contribution in [3.8, 4) is 0 Å². The number of fused-ring (bicyclic) bond motifs is 3. The molecule has 44 heavy (non-hydrogen) atoms. The molecule has 1 aliphatic carbocycles. The van der Waals surface area contributed by atoms with Crippen LogP contribution in [-0.4, -0.2) is 64.6 Å². The van der Waals surface area contributed by atoms with Crippen LogP contribution in [-0.2, 0) is 26.3 Å². The Kier molecular flexibility index (Phi) is 7.77. The SMILES string of the molecule is Cc1ccc2c(c1)C1(CC1c1ccc3c(/C=C/c4ccc(CN5CCOCC5)cc4)n[nH]c3c1)C(=O)N2.O=C(O)C(F)(F)F. The van der Waals surface area contributed by atoms with Crippen molar-refractivity contribution in [1.82, 2.24) is 15.1 Å². The summed E-state index contributed by atoms with van der Waals surface area (Å²) in [4.78, 5) is 24.3. The van der Waals surface area contributed by atoms with E-state index in [9.17, 15) is 18.0 Å². The Morgan fingerprint density at radius 2 is 1.82 bits per heavy atom. The van der Waals surface area contributed by atoms with Gasteiger partial charge < -0.3 is 15.2 Å². The molecule has 228 valence electrons. The van der Waals surface area contributed by atoms with Gasteiger partial charge in [-0.05, 0) is 53.8 Å². The van der Waals surface area contributed by atoms with Crippen LogP contribution in [0.2, 0.25) is 0 Å².